The van der Waals surface area contributed by atoms with Crippen LogP contribution in [0.2, 0.25) is 0 Å². The summed E-state index contributed by atoms with van der Waals surface area (Å²) in [5.74, 6) is 0.802. The summed E-state index contributed by atoms with van der Waals surface area (Å²) >= 11 is 0. The van der Waals surface area contributed by atoms with Crippen LogP contribution in [0, 0.1) is 0 Å². The Labute approximate surface area is 78.7 Å². The molecule has 4 heteroatoms. The smallest absolute Gasteiger partial charge is 0.154 e. The molecule has 0 aromatic carbocycles. The molecular formula is C9H10BN3. The molecule has 0 fully saturated rings. The van der Waals surface area contributed by atoms with Crippen LogP contribution < -0.4 is 10.8 Å². The summed E-state index contributed by atoms with van der Waals surface area (Å²) in [7, 11) is 5.50. The van der Waals surface area contributed by atoms with Gasteiger partial charge in [0.15, 0.2) is 5.82 Å². The second-order valence-electron chi connectivity index (χ2n) is 3.02. The number of rotatable bonds is 1. The largest absolute Gasteiger partial charge is 0.313 e. The van der Waals surface area contributed by atoms with Crippen molar-refractivity contribution in [3.05, 3.63) is 24.3 Å². The maximum atomic E-state index is 5.50. The SMILES string of the molecule is [B]c1cnc(C2=CCNCC2)nc1. The van der Waals surface area contributed by atoms with E-state index in [0.29, 0.717) is 5.46 Å². The topological polar surface area (TPSA) is 37.8 Å². The third kappa shape index (κ3) is 1.95. The highest BCUT2D eigenvalue weighted by molar-refractivity contribution is 6.31. The first-order chi connectivity index (χ1) is 6.36. The molecule has 0 bridgehead atoms. The molecule has 1 aliphatic heterocycles. The van der Waals surface area contributed by atoms with E-state index in [1.54, 1.807) is 12.4 Å². The predicted octanol–water partition coefficient (Wildman–Crippen LogP) is -0.353. The number of hydrogen-bond acceptors (Lipinski definition) is 3. The summed E-state index contributed by atoms with van der Waals surface area (Å²) in [6.45, 7) is 1.91. The second-order valence-corrected chi connectivity index (χ2v) is 3.02. The van der Waals surface area contributed by atoms with E-state index in [2.05, 4.69) is 21.4 Å². The highest BCUT2D eigenvalue weighted by atomic mass is 14.9. The number of aromatic nitrogens is 2. The average molecular weight is 171 g/mol. The minimum Gasteiger partial charge on any atom is -0.313 e. The van der Waals surface area contributed by atoms with Crippen LogP contribution in [-0.2, 0) is 0 Å². The molecule has 13 heavy (non-hydrogen) atoms. The van der Waals surface area contributed by atoms with E-state index in [-0.39, 0.29) is 0 Å². The number of nitrogens with zero attached hydrogens (tertiary/aromatic N) is 2. The normalized spacial score (nSPS) is 16.8. The lowest BCUT2D eigenvalue weighted by atomic mass is 10.0. The van der Waals surface area contributed by atoms with E-state index < -0.39 is 0 Å². The summed E-state index contributed by atoms with van der Waals surface area (Å²) in [5, 5.41) is 3.24. The zero-order valence-electron chi connectivity index (χ0n) is 7.33. The van der Waals surface area contributed by atoms with E-state index in [1.807, 2.05) is 0 Å². The van der Waals surface area contributed by atoms with Crippen molar-refractivity contribution < 1.29 is 0 Å². The quantitative estimate of drug-likeness (QED) is 0.586. The fourth-order valence-corrected chi connectivity index (χ4v) is 1.33. The van der Waals surface area contributed by atoms with Gasteiger partial charge in [-0.15, -0.1) is 0 Å². The van der Waals surface area contributed by atoms with Gasteiger partial charge in [0.1, 0.15) is 7.85 Å². The van der Waals surface area contributed by atoms with Gasteiger partial charge < -0.3 is 5.32 Å². The Kier molecular flexibility index (Phi) is 2.41. The molecule has 1 N–H and O–H groups in total. The molecule has 2 heterocycles. The zero-order valence-corrected chi connectivity index (χ0v) is 7.33. The van der Waals surface area contributed by atoms with Crippen molar-refractivity contribution in [2.24, 2.45) is 0 Å². The van der Waals surface area contributed by atoms with Gasteiger partial charge in [0.05, 0.1) is 0 Å². The van der Waals surface area contributed by atoms with E-state index in [4.69, 9.17) is 7.85 Å². The standard InChI is InChI=1S/C9H10BN3/c10-8-5-12-9(13-6-8)7-1-3-11-4-2-7/h1,5-6,11H,2-4H2. The van der Waals surface area contributed by atoms with Crippen LogP contribution in [0.5, 0.6) is 0 Å². The third-order valence-electron chi connectivity index (χ3n) is 2.02. The molecule has 2 rings (SSSR count). The van der Waals surface area contributed by atoms with Crippen molar-refractivity contribution in [2.45, 2.75) is 6.42 Å². The maximum absolute atomic E-state index is 5.50. The molecule has 64 valence electrons. The van der Waals surface area contributed by atoms with Crippen LogP contribution in [0.1, 0.15) is 12.2 Å². The van der Waals surface area contributed by atoms with Crippen molar-refractivity contribution in [3.63, 3.8) is 0 Å². The lowest BCUT2D eigenvalue weighted by molar-refractivity contribution is 0.734. The molecule has 0 atom stereocenters. The summed E-state index contributed by atoms with van der Waals surface area (Å²) in [4.78, 5) is 8.34. The molecule has 0 amide bonds. The van der Waals surface area contributed by atoms with Gasteiger partial charge in [-0.2, -0.15) is 0 Å². The van der Waals surface area contributed by atoms with Crippen molar-refractivity contribution in [3.8, 4) is 0 Å². The Hall–Kier alpha value is -1.16. The highest BCUT2D eigenvalue weighted by Gasteiger charge is 2.06. The van der Waals surface area contributed by atoms with Gasteiger partial charge in [-0.05, 0) is 18.5 Å². The molecule has 2 radical (unpaired) electrons. The molecule has 0 unspecified atom stereocenters. The van der Waals surface area contributed by atoms with E-state index in [9.17, 15) is 0 Å². The summed E-state index contributed by atoms with van der Waals surface area (Å²) in [5.41, 5.74) is 1.82. The van der Waals surface area contributed by atoms with Gasteiger partial charge in [-0.1, -0.05) is 11.5 Å². The Bertz CT molecular complexity index is 318. The van der Waals surface area contributed by atoms with Crippen LogP contribution in [0.25, 0.3) is 5.57 Å². The Morgan fingerprint density at radius 1 is 1.31 bits per heavy atom. The molecule has 0 saturated heterocycles. The summed E-state index contributed by atoms with van der Waals surface area (Å²) in [6.07, 6.45) is 6.40. The monoisotopic (exact) mass is 171 g/mol. The highest BCUT2D eigenvalue weighted by Crippen LogP contribution is 2.13. The molecule has 0 spiro atoms. The molecule has 1 aromatic heterocycles. The van der Waals surface area contributed by atoms with Crippen LogP contribution in [0.15, 0.2) is 18.5 Å². The number of nitrogens with one attached hydrogen (secondary N) is 1. The van der Waals surface area contributed by atoms with Gasteiger partial charge in [0, 0.05) is 18.9 Å². The first-order valence-electron chi connectivity index (χ1n) is 4.34. The van der Waals surface area contributed by atoms with Crippen LogP contribution >= 0.6 is 0 Å². The molecular weight excluding hydrogens is 161 g/mol. The Morgan fingerprint density at radius 3 is 2.69 bits per heavy atom. The predicted molar refractivity (Wildman–Crippen MR) is 52.9 cm³/mol. The summed E-state index contributed by atoms with van der Waals surface area (Å²) < 4.78 is 0. The minimum absolute atomic E-state index is 0.610. The fourth-order valence-electron chi connectivity index (χ4n) is 1.33. The fraction of sp³-hybridized carbons (Fsp3) is 0.333. The van der Waals surface area contributed by atoms with Crippen molar-refractivity contribution in [1.29, 1.82) is 0 Å². The molecule has 0 saturated carbocycles. The van der Waals surface area contributed by atoms with E-state index in [0.717, 1.165) is 25.3 Å². The van der Waals surface area contributed by atoms with Crippen LogP contribution in [-0.4, -0.2) is 30.9 Å². The van der Waals surface area contributed by atoms with Crippen LogP contribution in [0.4, 0.5) is 0 Å². The molecule has 1 aliphatic rings. The first kappa shape index (κ1) is 8.44. The minimum atomic E-state index is 0.610. The van der Waals surface area contributed by atoms with Gasteiger partial charge in [0.2, 0.25) is 0 Å². The molecule has 3 nitrogen and oxygen atoms in total. The van der Waals surface area contributed by atoms with E-state index in [1.165, 1.54) is 5.57 Å². The van der Waals surface area contributed by atoms with Gasteiger partial charge >= 0.3 is 0 Å². The first-order valence-corrected chi connectivity index (χ1v) is 4.34. The molecule has 0 aliphatic carbocycles. The maximum Gasteiger partial charge on any atom is 0.154 e. The van der Waals surface area contributed by atoms with Gasteiger partial charge in [0.25, 0.3) is 0 Å². The van der Waals surface area contributed by atoms with Gasteiger partial charge in [-0.25, -0.2) is 9.97 Å². The molecule has 1 aromatic rings. The number of hydrogen-bond donors (Lipinski definition) is 1. The average Bonchev–Trinajstić information content (AvgIpc) is 2.20. The van der Waals surface area contributed by atoms with Crippen LogP contribution in [0.3, 0.4) is 0 Å². The Balaban J connectivity index is 2.24. The third-order valence-corrected chi connectivity index (χ3v) is 2.02. The van der Waals surface area contributed by atoms with Crippen molar-refractivity contribution >= 4 is 18.9 Å². The van der Waals surface area contributed by atoms with Crippen molar-refractivity contribution in [1.82, 2.24) is 15.3 Å². The Morgan fingerprint density at radius 2 is 2.08 bits per heavy atom. The lowest BCUT2D eigenvalue weighted by Gasteiger charge is -2.12. The summed E-state index contributed by atoms with van der Waals surface area (Å²) in [6, 6.07) is 0. The zero-order chi connectivity index (χ0) is 9.10. The van der Waals surface area contributed by atoms with Crippen molar-refractivity contribution in [2.75, 3.05) is 13.1 Å². The van der Waals surface area contributed by atoms with Gasteiger partial charge in [-0.3, -0.25) is 0 Å². The van der Waals surface area contributed by atoms with E-state index >= 15 is 0 Å². The second kappa shape index (κ2) is 3.70. The lowest BCUT2D eigenvalue weighted by Crippen LogP contribution is -2.21.